The van der Waals surface area contributed by atoms with E-state index in [4.69, 9.17) is 10.5 Å². The summed E-state index contributed by atoms with van der Waals surface area (Å²) in [6.45, 7) is 2.04. The molecule has 1 heterocycles. The molecule has 0 spiro atoms. The Hall–Kier alpha value is -1.95. The Morgan fingerprint density at radius 1 is 1.19 bits per heavy atom. The van der Waals surface area contributed by atoms with Gasteiger partial charge in [0.25, 0.3) is 5.91 Å². The molecule has 2 aromatic rings. The molecule has 1 fully saturated rings. The van der Waals surface area contributed by atoms with Crippen LogP contribution in [0.2, 0.25) is 0 Å². The van der Waals surface area contributed by atoms with E-state index >= 15 is 0 Å². The summed E-state index contributed by atoms with van der Waals surface area (Å²) < 4.78 is 19.2. The second kappa shape index (κ2) is 9.67. The van der Waals surface area contributed by atoms with Crippen LogP contribution in [0.25, 0.3) is 0 Å². The zero-order valence-electron chi connectivity index (χ0n) is 14.6. The van der Waals surface area contributed by atoms with Crippen LogP contribution in [-0.2, 0) is 17.8 Å². The Labute approximate surface area is 159 Å². The molecular weight excluding hydrogens is 355 g/mol. The lowest BCUT2D eigenvalue weighted by molar-refractivity contribution is 0.0507. The first-order valence-electron chi connectivity index (χ1n) is 8.60. The first-order chi connectivity index (χ1) is 12.2. The molecule has 0 radical (unpaired) electrons. The van der Waals surface area contributed by atoms with Crippen LogP contribution in [0, 0.1) is 5.82 Å². The number of hydrogen-bond acceptors (Lipinski definition) is 3. The van der Waals surface area contributed by atoms with Crippen molar-refractivity contribution in [3.63, 3.8) is 0 Å². The van der Waals surface area contributed by atoms with Crippen molar-refractivity contribution in [1.82, 2.24) is 4.90 Å². The predicted molar refractivity (Wildman–Crippen MR) is 102 cm³/mol. The Morgan fingerprint density at radius 2 is 1.96 bits per heavy atom. The van der Waals surface area contributed by atoms with Crippen molar-refractivity contribution in [3.8, 4) is 0 Å². The number of nitrogens with two attached hydrogens (primary N) is 1. The fourth-order valence-electron chi connectivity index (χ4n) is 3.08. The fraction of sp³-hybridized carbons (Fsp3) is 0.350. The van der Waals surface area contributed by atoms with Gasteiger partial charge in [-0.2, -0.15) is 0 Å². The van der Waals surface area contributed by atoms with E-state index in [0.717, 1.165) is 30.6 Å². The molecule has 3 rings (SSSR count). The molecule has 0 bridgehead atoms. The Balaban J connectivity index is 0.00000243. The van der Waals surface area contributed by atoms with Crippen molar-refractivity contribution in [2.24, 2.45) is 5.73 Å². The smallest absolute Gasteiger partial charge is 0.254 e. The maximum absolute atomic E-state index is 13.5. The summed E-state index contributed by atoms with van der Waals surface area (Å²) in [4.78, 5) is 14.7. The summed E-state index contributed by atoms with van der Waals surface area (Å²) in [5, 5.41) is 0. The average molecular weight is 379 g/mol. The quantitative estimate of drug-likeness (QED) is 0.836. The molecule has 0 saturated carbocycles. The van der Waals surface area contributed by atoms with Crippen LogP contribution < -0.4 is 5.73 Å². The van der Waals surface area contributed by atoms with Gasteiger partial charge in [-0.25, -0.2) is 4.39 Å². The Morgan fingerprint density at radius 3 is 2.58 bits per heavy atom. The largest absolute Gasteiger partial charge is 0.376 e. The maximum atomic E-state index is 13.5. The summed E-state index contributed by atoms with van der Waals surface area (Å²) in [7, 11) is 0. The first-order valence-corrected chi connectivity index (χ1v) is 8.60. The monoisotopic (exact) mass is 378 g/mol. The van der Waals surface area contributed by atoms with Gasteiger partial charge in [-0.1, -0.05) is 24.3 Å². The third kappa shape index (κ3) is 5.27. The number of hydrogen-bond donors (Lipinski definition) is 1. The van der Waals surface area contributed by atoms with Crippen molar-refractivity contribution < 1.29 is 13.9 Å². The van der Waals surface area contributed by atoms with Crippen LogP contribution >= 0.6 is 12.4 Å². The number of carbonyl (C=O) groups is 1. The van der Waals surface area contributed by atoms with Gasteiger partial charge < -0.3 is 15.4 Å². The molecule has 0 aliphatic carbocycles. The molecular formula is C20H24ClFN2O2. The molecule has 1 aliphatic heterocycles. The lowest BCUT2D eigenvalue weighted by atomic mass is 10.1. The number of ether oxygens (including phenoxy) is 1. The summed E-state index contributed by atoms with van der Waals surface area (Å²) in [6.07, 6.45) is 2.00. The zero-order valence-corrected chi connectivity index (χ0v) is 15.4. The van der Waals surface area contributed by atoms with Crippen LogP contribution in [0.4, 0.5) is 4.39 Å². The molecule has 1 unspecified atom stereocenters. The topological polar surface area (TPSA) is 55.6 Å². The molecule has 1 aliphatic rings. The highest BCUT2D eigenvalue weighted by molar-refractivity contribution is 5.94. The number of carbonyl (C=O) groups excluding carboxylic acids is 1. The van der Waals surface area contributed by atoms with E-state index in [1.54, 1.807) is 23.1 Å². The Bertz CT molecular complexity index is 718. The molecule has 0 aromatic heterocycles. The number of benzene rings is 2. The minimum Gasteiger partial charge on any atom is -0.376 e. The van der Waals surface area contributed by atoms with Gasteiger partial charge in [0, 0.05) is 31.8 Å². The fourth-order valence-corrected chi connectivity index (χ4v) is 3.08. The molecule has 1 atom stereocenters. The maximum Gasteiger partial charge on any atom is 0.254 e. The first kappa shape index (κ1) is 20.4. The number of nitrogens with zero attached hydrogens (tertiary/aromatic N) is 1. The molecule has 26 heavy (non-hydrogen) atoms. The van der Waals surface area contributed by atoms with Gasteiger partial charge >= 0.3 is 0 Å². The third-order valence-electron chi connectivity index (χ3n) is 4.43. The normalized spacial score (nSPS) is 16.2. The van der Waals surface area contributed by atoms with E-state index in [2.05, 4.69) is 0 Å². The number of halogens is 2. The van der Waals surface area contributed by atoms with Crippen molar-refractivity contribution in [3.05, 3.63) is 71.0 Å². The number of rotatable bonds is 6. The summed E-state index contributed by atoms with van der Waals surface area (Å²) in [5.41, 5.74) is 7.96. The molecule has 4 nitrogen and oxygen atoms in total. The third-order valence-corrected chi connectivity index (χ3v) is 4.43. The van der Waals surface area contributed by atoms with Crippen LogP contribution in [0.5, 0.6) is 0 Å². The van der Waals surface area contributed by atoms with Crippen LogP contribution in [0.1, 0.15) is 34.3 Å². The summed E-state index contributed by atoms with van der Waals surface area (Å²) in [6, 6.07) is 13.7. The van der Waals surface area contributed by atoms with Crippen molar-refractivity contribution in [1.29, 1.82) is 0 Å². The van der Waals surface area contributed by atoms with E-state index < -0.39 is 0 Å². The molecule has 1 amide bonds. The van der Waals surface area contributed by atoms with Crippen molar-refractivity contribution in [2.75, 3.05) is 13.2 Å². The SMILES string of the molecule is Cl.NCc1ccc(C(=O)N(Cc2cccc(F)c2)CC2CCCO2)cc1. The zero-order chi connectivity index (χ0) is 17.6. The van der Waals surface area contributed by atoms with Crippen molar-refractivity contribution in [2.45, 2.75) is 32.0 Å². The Kier molecular flexibility index (Phi) is 7.57. The van der Waals surface area contributed by atoms with Crippen molar-refractivity contribution >= 4 is 18.3 Å². The lowest BCUT2D eigenvalue weighted by Gasteiger charge is -2.26. The van der Waals surface area contributed by atoms with Gasteiger partial charge in [0.1, 0.15) is 5.82 Å². The minimum absolute atomic E-state index is 0. The van der Waals surface area contributed by atoms with E-state index in [1.165, 1.54) is 12.1 Å². The van der Waals surface area contributed by atoms with Gasteiger partial charge in [0.15, 0.2) is 0 Å². The molecule has 2 N–H and O–H groups in total. The molecule has 140 valence electrons. The van der Waals surface area contributed by atoms with Crippen LogP contribution in [0.3, 0.4) is 0 Å². The lowest BCUT2D eigenvalue weighted by Crippen LogP contribution is -2.37. The van der Waals surface area contributed by atoms with E-state index in [-0.39, 0.29) is 30.2 Å². The minimum atomic E-state index is -0.297. The van der Waals surface area contributed by atoms with Gasteiger partial charge in [-0.15, -0.1) is 12.4 Å². The summed E-state index contributed by atoms with van der Waals surface area (Å²) >= 11 is 0. The highest BCUT2D eigenvalue weighted by Gasteiger charge is 2.23. The van der Waals surface area contributed by atoms with Gasteiger partial charge in [0.2, 0.25) is 0 Å². The standard InChI is InChI=1S/C20H23FN2O2.ClH/c21-18-4-1-3-16(11-18)13-23(14-19-5-2-10-25-19)20(24)17-8-6-15(12-22)7-9-17;/h1,3-4,6-9,11,19H,2,5,10,12-14,22H2;1H. The number of amides is 1. The predicted octanol–water partition coefficient (Wildman–Crippen LogP) is 3.53. The van der Waals surface area contributed by atoms with Crippen LogP contribution in [0.15, 0.2) is 48.5 Å². The van der Waals surface area contributed by atoms with E-state index in [9.17, 15) is 9.18 Å². The van der Waals surface area contributed by atoms with Gasteiger partial charge in [-0.3, -0.25) is 4.79 Å². The average Bonchev–Trinajstić information content (AvgIpc) is 3.14. The second-order valence-electron chi connectivity index (χ2n) is 6.35. The van der Waals surface area contributed by atoms with Crippen LogP contribution in [-0.4, -0.2) is 30.1 Å². The summed E-state index contributed by atoms with van der Waals surface area (Å²) in [5.74, 6) is -0.377. The molecule has 1 saturated heterocycles. The van der Waals surface area contributed by atoms with Gasteiger partial charge in [0.05, 0.1) is 6.10 Å². The highest BCUT2D eigenvalue weighted by atomic mass is 35.5. The highest BCUT2D eigenvalue weighted by Crippen LogP contribution is 2.18. The second-order valence-corrected chi connectivity index (χ2v) is 6.35. The molecule has 2 aromatic carbocycles. The van der Waals surface area contributed by atoms with E-state index in [0.29, 0.717) is 25.2 Å². The molecule has 6 heteroatoms. The van der Waals surface area contributed by atoms with Gasteiger partial charge in [-0.05, 0) is 48.2 Å². The van der Waals surface area contributed by atoms with E-state index in [1.807, 2.05) is 18.2 Å².